The van der Waals surface area contributed by atoms with Crippen molar-refractivity contribution in [3.8, 4) is 0 Å². The van der Waals surface area contributed by atoms with Crippen molar-refractivity contribution in [3.05, 3.63) is 0 Å². The summed E-state index contributed by atoms with van der Waals surface area (Å²) in [5.41, 5.74) is 0. The van der Waals surface area contributed by atoms with Gasteiger partial charge < -0.3 is 9.80 Å². The summed E-state index contributed by atoms with van der Waals surface area (Å²) in [6.07, 6.45) is 9.35. The molecule has 0 spiro atoms. The first kappa shape index (κ1) is 13.6. The van der Waals surface area contributed by atoms with Crippen molar-refractivity contribution in [2.24, 2.45) is 23.7 Å². The van der Waals surface area contributed by atoms with Gasteiger partial charge in [-0.3, -0.25) is 0 Å². The molecule has 2 heteroatoms. The Kier molecular flexibility index (Phi) is 3.58. The minimum Gasteiger partial charge on any atom is -0.323 e. The van der Waals surface area contributed by atoms with Gasteiger partial charge in [-0.05, 0) is 57.3 Å². The highest BCUT2D eigenvalue weighted by atomic mass is 15.3. The molecule has 1 saturated heterocycles. The van der Waals surface area contributed by atoms with Crippen molar-refractivity contribution in [1.82, 2.24) is 0 Å². The molecule has 0 unspecified atom stereocenters. The molecule has 4 aliphatic carbocycles. The largest absolute Gasteiger partial charge is 0.323 e. The first-order valence-electron chi connectivity index (χ1n) is 9.43. The van der Waals surface area contributed by atoms with E-state index in [1.165, 1.54) is 32.6 Å². The summed E-state index contributed by atoms with van der Waals surface area (Å²) < 4.78 is 0. The van der Waals surface area contributed by atoms with Gasteiger partial charge >= 0.3 is 0 Å². The number of quaternary nitrogens is 2. The summed E-state index contributed by atoms with van der Waals surface area (Å²) in [5, 5.41) is 0. The fourth-order valence-electron chi connectivity index (χ4n) is 6.60. The first-order chi connectivity index (χ1) is 9.74. The highest BCUT2D eigenvalue weighted by Gasteiger charge is 2.52. The van der Waals surface area contributed by atoms with Crippen LogP contribution in [0.2, 0.25) is 0 Å². The topological polar surface area (TPSA) is 8.88 Å². The molecular formula is C18H34N2+2. The van der Waals surface area contributed by atoms with Crippen LogP contribution >= 0.6 is 0 Å². The zero-order valence-corrected chi connectivity index (χ0v) is 13.5. The first-order valence-corrected chi connectivity index (χ1v) is 9.43. The Bertz CT molecular complexity index is 317. The number of hydrogen-bond acceptors (Lipinski definition) is 0. The molecule has 5 rings (SSSR count). The average molecular weight is 278 g/mol. The summed E-state index contributed by atoms with van der Waals surface area (Å²) in [7, 11) is 0. The third-order valence-electron chi connectivity index (χ3n) is 7.54. The molecule has 2 nitrogen and oxygen atoms in total. The van der Waals surface area contributed by atoms with Crippen LogP contribution in [0.1, 0.15) is 52.4 Å². The highest BCUT2D eigenvalue weighted by molar-refractivity contribution is 4.98. The Balaban J connectivity index is 1.40. The van der Waals surface area contributed by atoms with Gasteiger partial charge in [-0.25, -0.2) is 0 Å². The summed E-state index contributed by atoms with van der Waals surface area (Å²) >= 11 is 0. The molecule has 5 fully saturated rings. The van der Waals surface area contributed by atoms with Crippen LogP contribution in [0.3, 0.4) is 0 Å². The summed E-state index contributed by atoms with van der Waals surface area (Å²) in [5.74, 6) is 4.51. The molecule has 4 bridgehead atoms. The van der Waals surface area contributed by atoms with Crippen molar-refractivity contribution >= 4 is 0 Å². The van der Waals surface area contributed by atoms with Gasteiger partial charge in [-0.2, -0.15) is 0 Å². The van der Waals surface area contributed by atoms with Crippen LogP contribution in [-0.2, 0) is 0 Å². The van der Waals surface area contributed by atoms with E-state index in [1.807, 2.05) is 9.80 Å². The van der Waals surface area contributed by atoms with E-state index in [4.69, 9.17) is 0 Å². The van der Waals surface area contributed by atoms with E-state index in [9.17, 15) is 0 Å². The van der Waals surface area contributed by atoms with E-state index in [0.29, 0.717) is 0 Å². The lowest BCUT2D eigenvalue weighted by Gasteiger charge is -2.55. The van der Waals surface area contributed by atoms with Crippen LogP contribution in [0.15, 0.2) is 0 Å². The molecule has 0 aromatic heterocycles. The zero-order chi connectivity index (χ0) is 13.7. The number of hydrogen-bond donors (Lipinski definition) is 2. The van der Waals surface area contributed by atoms with Crippen molar-refractivity contribution in [1.29, 1.82) is 0 Å². The molecule has 1 atom stereocenters. The molecule has 1 aliphatic heterocycles. The van der Waals surface area contributed by atoms with Crippen LogP contribution in [0.5, 0.6) is 0 Å². The molecule has 0 amide bonds. The maximum Gasteiger partial charge on any atom is 0.127 e. The maximum absolute atomic E-state index is 2.45. The maximum atomic E-state index is 2.45. The fourth-order valence-corrected chi connectivity index (χ4v) is 6.60. The van der Waals surface area contributed by atoms with E-state index in [2.05, 4.69) is 13.8 Å². The van der Waals surface area contributed by atoms with Gasteiger partial charge in [0.25, 0.3) is 0 Å². The SMILES string of the molecule is CC[C@@H](C)[NH+]1CC[NH+](C2C3CC4CC(C3)CC2C4)CC1. The Labute approximate surface area is 124 Å². The van der Waals surface area contributed by atoms with E-state index >= 15 is 0 Å². The Morgan fingerprint density at radius 3 is 1.90 bits per heavy atom. The fraction of sp³-hybridized carbons (Fsp3) is 1.00. The van der Waals surface area contributed by atoms with E-state index < -0.39 is 0 Å². The van der Waals surface area contributed by atoms with E-state index in [0.717, 1.165) is 35.8 Å². The lowest BCUT2D eigenvalue weighted by Crippen LogP contribution is -3.31. The van der Waals surface area contributed by atoms with Gasteiger partial charge in [0, 0.05) is 11.8 Å². The van der Waals surface area contributed by atoms with Gasteiger partial charge in [-0.1, -0.05) is 6.92 Å². The van der Waals surface area contributed by atoms with Crippen molar-refractivity contribution in [3.63, 3.8) is 0 Å². The second kappa shape index (κ2) is 5.28. The van der Waals surface area contributed by atoms with E-state index in [-0.39, 0.29) is 0 Å². The van der Waals surface area contributed by atoms with Crippen LogP contribution in [0.25, 0.3) is 0 Å². The van der Waals surface area contributed by atoms with Crippen LogP contribution in [0, 0.1) is 23.7 Å². The lowest BCUT2D eigenvalue weighted by atomic mass is 9.54. The van der Waals surface area contributed by atoms with Gasteiger partial charge in [-0.15, -0.1) is 0 Å². The van der Waals surface area contributed by atoms with Crippen LogP contribution in [0.4, 0.5) is 0 Å². The number of rotatable bonds is 3. The second-order valence-electron chi connectivity index (χ2n) is 8.58. The Hall–Kier alpha value is -0.0800. The highest BCUT2D eigenvalue weighted by Crippen LogP contribution is 2.52. The summed E-state index contributed by atoms with van der Waals surface area (Å²) in [6, 6.07) is 1.95. The summed E-state index contributed by atoms with van der Waals surface area (Å²) in [6.45, 7) is 10.6. The van der Waals surface area contributed by atoms with Crippen molar-refractivity contribution < 1.29 is 9.80 Å². The molecule has 114 valence electrons. The normalized spacial score (nSPS) is 52.2. The van der Waals surface area contributed by atoms with Crippen LogP contribution in [-0.4, -0.2) is 38.3 Å². The van der Waals surface area contributed by atoms with Gasteiger partial charge in [0.1, 0.15) is 26.2 Å². The predicted molar refractivity (Wildman–Crippen MR) is 82.0 cm³/mol. The monoisotopic (exact) mass is 278 g/mol. The molecule has 5 aliphatic rings. The Morgan fingerprint density at radius 1 is 0.850 bits per heavy atom. The Morgan fingerprint density at radius 2 is 1.40 bits per heavy atom. The van der Waals surface area contributed by atoms with Crippen molar-refractivity contribution in [2.45, 2.75) is 64.5 Å². The van der Waals surface area contributed by atoms with Gasteiger partial charge in [0.05, 0.1) is 12.1 Å². The van der Waals surface area contributed by atoms with Crippen LogP contribution < -0.4 is 9.80 Å². The minimum atomic E-state index is 0.884. The quantitative estimate of drug-likeness (QED) is 0.739. The lowest BCUT2D eigenvalue weighted by molar-refractivity contribution is -1.04. The molecule has 1 heterocycles. The smallest absolute Gasteiger partial charge is 0.127 e. The average Bonchev–Trinajstić information content (AvgIpc) is 2.46. The molecule has 20 heavy (non-hydrogen) atoms. The number of piperazine rings is 1. The molecule has 0 radical (unpaired) electrons. The molecule has 4 saturated carbocycles. The molecule has 0 aromatic carbocycles. The minimum absolute atomic E-state index is 0.884. The third kappa shape index (κ3) is 2.23. The van der Waals surface area contributed by atoms with Crippen molar-refractivity contribution in [2.75, 3.05) is 26.2 Å². The third-order valence-corrected chi connectivity index (χ3v) is 7.54. The zero-order valence-electron chi connectivity index (χ0n) is 13.5. The standard InChI is InChI=1S/C18H32N2/c1-3-13(2)19-4-6-20(7-5-19)18-16-9-14-8-15(11-16)12-17(18)10-14/h13-18H,3-12H2,1-2H3/p+2/t13-,14?,15?,16?,17?,18?/m1/s1. The van der Waals surface area contributed by atoms with E-state index in [1.54, 1.807) is 32.1 Å². The predicted octanol–water partition coefficient (Wildman–Crippen LogP) is 0.393. The number of nitrogens with one attached hydrogen (secondary N) is 2. The second-order valence-corrected chi connectivity index (χ2v) is 8.58. The molecule has 2 N–H and O–H groups in total. The van der Waals surface area contributed by atoms with Gasteiger partial charge in [0.15, 0.2) is 0 Å². The molecular weight excluding hydrogens is 244 g/mol. The summed E-state index contributed by atoms with van der Waals surface area (Å²) in [4.78, 5) is 3.91. The van der Waals surface area contributed by atoms with Gasteiger partial charge in [0.2, 0.25) is 0 Å². The molecule has 0 aromatic rings.